The van der Waals surface area contributed by atoms with Gasteiger partial charge in [0.2, 0.25) is 10.0 Å². The number of hydrogen-bond acceptors (Lipinski definition) is 4. The fourth-order valence-electron chi connectivity index (χ4n) is 2.22. The summed E-state index contributed by atoms with van der Waals surface area (Å²) >= 11 is 0. The average molecular weight is 258 g/mol. The van der Waals surface area contributed by atoms with Gasteiger partial charge in [0.1, 0.15) is 4.90 Å². The first-order valence-corrected chi connectivity index (χ1v) is 7.12. The summed E-state index contributed by atoms with van der Waals surface area (Å²) in [6, 6.07) is -0.0255. The van der Waals surface area contributed by atoms with Crippen LogP contribution in [-0.2, 0) is 10.0 Å². The van der Waals surface area contributed by atoms with Gasteiger partial charge in [-0.15, -0.1) is 0 Å². The maximum atomic E-state index is 12.5. The summed E-state index contributed by atoms with van der Waals surface area (Å²) in [6.07, 6.45) is 0. The van der Waals surface area contributed by atoms with E-state index >= 15 is 0 Å². The van der Waals surface area contributed by atoms with Gasteiger partial charge in [-0.2, -0.15) is 9.40 Å². The maximum absolute atomic E-state index is 12.5. The number of aromatic amines is 1. The molecule has 6 nitrogen and oxygen atoms in total. The first-order valence-electron chi connectivity index (χ1n) is 5.68. The van der Waals surface area contributed by atoms with Crippen LogP contribution in [0.25, 0.3) is 0 Å². The number of nitrogens with zero attached hydrogens (tertiary/aromatic N) is 2. The lowest BCUT2D eigenvalue weighted by molar-refractivity contribution is 0.283. The van der Waals surface area contributed by atoms with E-state index in [1.165, 1.54) is 0 Å². The van der Waals surface area contributed by atoms with E-state index in [0.29, 0.717) is 35.9 Å². The van der Waals surface area contributed by atoms with E-state index in [0.717, 1.165) is 0 Å². The number of hydrogen-bond donors (Lipinski definition) is 2. The summed E-state index contributed by atoms with van der Waals surface area (Å²) < 4.78 is 26.6. The standard InChI is InChI=1S/C10H18N4O2S/c1-7-6-11-4-5-14(7)17(15,16)10-8(2)12-13-9(10)3/h7,11H,4-6H2,1-3H3,(H,12,13)/t7-/m1/s1. The summed E-state index contributed by atoms with van der Waals surface area (Å²) in [4.78, 5) is 0.325. The van der Waals surface area contributed by atoms with E-state index in [-0.39, 0.29) is 6.04 Å². The Morgan fingerprint density at radius 3 is 2.65 bits per heavy atom. The number of piperazine rings is 1. The second kappa shape index (κ2) is 4.40. The molecular formula is C10H18N4O2S. The zero-order valence-corrected chi connectivity index (χ0v) is 11.1. The molecule has 2 heterocycles. The lowest BCUT2D eigenvalue weighted by Gasteiger charge is -2.32. The lowest BCUT2D eigenvalue weighted by atomic mass is 10.3. The van der Waals surface area contributed by atoms with Crippen LogP contribution in [0.1, 0.15) is 18.3 Å². The van der Waals surface area contributed by atoms with Crippen molar-refractivity contribution in [1.29, 1.82) is 0 Å². The molecule has 0 saturated carbocycles. The summed E-state index contributed by atoms with van der Waals surface area (Å²) in [5.74, 6) is 0. The zero-order chi connectivity index (χ0) is 12.6. The minimum atomic E-state index is -3.43. The molecule has 2 N–H and O–H groups in total. The second-order valence-corrected chi connectivity index (χ2v) is 6.26. The third-order valence-electron chi connectivity index (χ3n) is 3.07. The Labute approximate surface area is 101 Å². The minimum absolute atomic E-state index is 0.0255. The molecule has 96 valence electrons. The predicted octanol–water partition coefficient (Wildman–Crippen LogP) is 0.00894. The smallest absolute Gasteiger partial charge is 0.247 e. The van der Waals surface area contributed by atoms with Crippen molar-refractivity contribution in [2.24, 2.45) is 0 Å². The molecule has 0 aliphatic carbocycles. The monoisotopic (exact) mass is 258 g/mol. The van der Waals surface area contributed by atoms with Crippen LogP contribution >= 0.6 is 0 Å². The molecule has 1 atom stereocenters. The highest BCUT2D eigenvalue weighted by atomic mass is 32.2. The second-order valence-electron chi connectivity index (χ2n) is 4.43. The van der Waals surface area contributed by atoms with Crippen LogP contribution in [-0.4, -0.2) is 48.6 Å². The zero-order valence-electron chi connectivity index (χ0n) is 10.3. The van der Waals surface area contributed by atoms with E-state index in [1.54, 1.807) is 18.2 Å². The van der Waals surface area contributed by atoms with Gasteiger partial charge in [0.25, 0.3) is 0 Å². The van der Waals surface area contributed by atoms with E-state index in [2.05, 4.69) is 15.5 Å². The molecule has 2 rings (SSSR count). The molecule has 1 saturated heterocycles. The number of sulfonamides is 1. The molecule has 17 heavy (non-hydrogen) atoms. The summed E-state index contributed by atoms with van der Waals surface area (Å²) in [6.45, 7) is 7.25. The first kappa shape index (κ1) is 12.5. The Balaban J connectivity index is 2.42. The van der Waals surface area contributed by atoms with Crippen molar-refractivity contribution in [3.63, 3.8) is 0 Å². The van der Waals surface area contributed by atoms with Crippen LogP contribution in [0.2, 0.25) is 0 Å². The molecule has 1 aromatic rings. The number of nitrogens with one attached hydrogen (secondary N) is 2. The maximum Gasteiger partial charge on any atom is 0.247 e. The highest BCUT2D eigenvalue weighted by Crippen LogP contribution is 2.23. The number of rotatable bonds is 2. The fraction of sp³-hybridized carbons (Fsp3) is 0.700. The van der Waals surface area contributed by atoms with Gasteiger partial charge >= 0.3 is 0 Å². The van der Waals surface area contributed by atoms with Crippen LogP contribution in [0.4, 0.5) is 0 Å². The molecule has 0 bridgehead atoms. The molecule has 0 aromatic carbocycles. The molecule has 0 amide bonds. The van der Waals surface area contributed by atoms with Gasteiger partial charge in [0, 0.05) is 25.7 Å². The predicted molar refractivity (Wildman–Crippen MR) is 64.3 cm³/mol. The summed E-state index contributed by atoms with van der Waals surface area (Å²) in [5, 5.41) is 9.86. The Bertz CT molecular complexity index is 489. The quantitative estimate of drug-likeness (QED) is 0.783. The van der Waals surface area contributed by atoms with Crippen molar-refractivity contribution < 1.29 is 8.42 Å². The molecule has 0 spiro atoms. The highest BCUT2D eigenvalue weighted by molar-refractivity contribution is 7.89. The average Bonchev–Trinajstić information content (AvgIpc) is 2.59. The Kier molecular flexibility index (Phi) is 3.24. The van der Waals surface area contributed by atoms with Crippen LogP contribution in [0.3, 0.4) is 0 Å². The fourth-order valence-corrected chi connectivity index (χ4v) is 4.18. The van der Waals surface area contributed by atoms with Gasteiger partial charge in [-0.25, -0.2) is 8.42 Å². The molecule has 0 unspecified atom stereocenters. The van der Waals surface area contributed by atoms with Gasteiger partial charge in [-0.05, 0) is 20.8 Å². The normalized spacial score (nSPS) is 22.9. The van der Waals surface area contributed by atoms with Gasteiger partial charge in [-0.3, -0.25) is 5.10 Å². The molecule has 7 heteroatoms. The topological polar surface area (TPSA) is 78.1 Å². The summed E-state index contributed by atoms with van der Waals surface area (Å²) in [7, 11) is -3.43. The van der Waals surface area contributed by atoms with Crippen LogP contribution in [0.15, 0.2) is 4.90 Å². The molecule has 0 radical (unpaired) electrons. The van der Waals surface area contributed by atoms with Gasteiger partial charge in [0.05, 0.1) is 11.4 Å². The van der Waals surface area contributed by atoms with Crippen LogP contribution < -0.4 is 5.32 Å². The van der Waals surface area contributed by atoms with E-state index in [1.807, 2.05) is 6.92 Å². The van der Waals surface area contributed by atoms with E-state index in [9.17, 15) is 8.42 Å². The van der Waals surface area contributed by atoms with E-state index in [4.69, 9.17) is 0 Å². The highest BCUT2D eigenvalue weighted by Gasteiger charge is 2.34. The lowest BCUT2D eigenvalue weighted by Crippen LogP contribution is -2.52. The molecule has 1 aliphatic heterocycles. The first-order chi connectivity index (χ1) is 7.94. The van der Waals surface area contributed by atoms with Crippen molar-refractivity contribution in [2.45, 2.75) is 31.7 Å². The molecular weight excluding hydrogens is 240 g/mol. The molecule has 1 fully saturated rings. The number of aromatic nitrogens is 2. The van der Waals surface area contributed by atoms with Crippen molar-refractivity contribution >= 4 is 10.0 Å². The van der Waals surface area contributed by atoms with Gasteiger partial charge < -0.3 is 5.32 Å². The van der Waals surface area contributed by atoms with Gasteiger partial charge in [-0.1, -0.05) is 0 Å². The molecule has 1 aromatic heterocycles. The Morgan fingerprint density at radius 1 is 1.41 bits per heavy atom. The Hall–Kier alpha value is -0.920. The van der Waals surface area contributed by atoms with Crippen molar-refractivity contribution in [1.82, 2.24) is 19.8 Å². The van der Waals surface area contributed by atoms with Crippen LogP contribution in [0.5, 0.6) is 0 Å². The summed E-state index contributed by atoms with van der Waals surface area (Å²) in [5.41, 5.74) is 1.14. The van der Waals surface area contributed by atoms with Crippen LogP contribution in [0, 0.1) is 13.8 Å². The van der Waals surface area contributed by atoms with Gasteiger partial charge in [0.15, 0.2) is 0 Å². The third kappa shape index (κ3) is 2.10. The van der Waals surface area contributed by atoms with Crippen molar-refractivity contribution in [2.75, 3.05) is 19.6 Å². The minimum Gasteiger partial charge on any atom is -0.314 e. The number of aryl methyl sites for hydroxylation is 2. The van der Waals surface area contributed by atoms with Crippen molar-refractivity contribution in [3.8, 4) is 0 Å². The number of H-pyrrole nitrogens is 1. The van der Waals surface area contributed by atoms with Crippen molar-refractivity contribution in [3.05, 3.63) is 11.4 Å². The SMILES string of the molecule is Cc1n[nH]c(C)c1S(=O)(=O)N1CCNC[C@H]1C. The molecule has 1 aliphatic rings. The third-order valence-corrected chi connectivity index (χ3v) is 5.34. The Morgan fingerprint density at radius 2 is 2.12 bits per heavy atom. The largest absolute Gasteiger partial charge is 0.314 e. The van der Waals surface area contributed by atoms with E-state index < -0.39 is 10.0 Å².